The molecule has 2 rings (SSSR count). The molecule has 0 aliphatic heterocycles. The number of aryl methyl sites for hydroxylation is 2. The largest absolute Gasteiger partial charge is 0.508 e. The van der Waals surface area contributed by atoms with E-state index in [4.69, 9.17) is 4.74 Å². The Morgan fingerprint density at radius 2 is 1.50 bits per heavy atom. The molecule has 2 unspecified atom stereocenters. The minimum atomic E-state index is -1.01. The van der Waals surface area contributed by atoms with E-state index in [1.165, 1.54) is 0 Å². The van der Waals surface area contributed by atoms with E-state index >= 15 is 0 Å². The number of amides is 3. The minimum absolute atomic E-state index is 0.107. The van der Waals surface area contributed by atoms with Crippen LogP contribution in [-0.2, 0) is 20.7 Å². The summed E-state index contributed by atoms with van der Waals surface area (Å²) in [6, 6.07) is 10.6. The van der Waals surface area contributed by atoms with E-state index in [1.54, 1.807) is 49.9 Å². The van der Waals surface area contributed by atoms with Gasteiger partial charge >= 0.3 is 6.09 Å². The second-order valence-corrected chi connectivity index (χ2v) is 13.9. The van der Waals surface area contributed by atoms with Gasteiger partial charge in [-0.1, -0.05) is 74.9 Å². The van der Waals surface area contributed by atoms with Gasteiger partial charge < -0.3 is 25.4 Å². The quantitative estimate of drug-likeness (QED) is 0.195. The maximum atomic E-state index is 14.7. The standard InChI is InChI=1S/C36H55N3O5/c1-10-11-12-13-14-15-22-39(31(32(41)38-35(4,5)6)29-23-25(2)16-17-26(29)3)33(42)30(37-34(43)44-36(7,8)9)24-27-18-20-28(40)21-19-27/h16-21,23,30-31,40H,10-15,22,24H2,1-9H3,(H,37,43)(H,38,41). The maximum absolute atomic E-state index is 14.7. The smallest absolute Gasteiger partial charge is 0.408 e. The fourth-order valence-corrected chi connectivity index (χ4v) is 5.09. The Balaban J connectivity index is 2.61. The molecule has 3 amide bonds. The van der Waals surface area contributed by atoms with Crippen LogP contribution in [0.15, 0.2) is 42.5 Å². The van der Waals surface area contributed by atoms with Crippen molar-refractivity contribution in [1.29, 1.82) is 0 Å². The third-order valence-corrected chi connectivity index (χ3v) is 7.19. The second-order valence-electron chi connectivity index (χ2n) is 13.9. The minimum Gasteiger partial charge on any atom is -0.508 e. The number of carbonyl (C=O) groups excluding carboxylic acids is 3. The number of rotatable bonds is 14. The maximum Gasteiger partial charge on any atom is 0.408 e. The molecule has 0 aliphatic rings. The first kappa shape index (κ1) is 36.6. The summed E-state index contributed by atoms with van der Waals surface area (Å²) < 4.78 is 5.54. The summed E-state index contributed by atoms with van der Waals surface area (Å²) in [4.78, 5) is 43.5. The molecule has 2 atom stereocenters. The third-order valence-electron chi connectivity index (χ3n) is 7.19. The van der Waals surface area contributed by atoms with Crippen LogP contribution >= 0.6 is 0 Å². The van der Waals surface area contributed by atoms with Crippen molar-refractivity contribution in [3.05, 3.63) is 64.7 Å². The highest BCUT2D eigenvalue weighted by Crippen LogP contribution is 2.29. The van der Waals surface area contributed by atoms with E-state index in [1.807, 2.05) is 52.8 Å². The number of carbonyl (C=O) groups is 3. The number of aromatic hydroxyl groups is 1. The molecule has 0 aromatic heterocycles. The van der Waals surface area contributed by atoms with Crippen LogP contribution in [0, 0.1) is 13.8 Å². The van der Waals surface area contributed by atoms with Gasteiger partial charge in [0.2, 0.25) is 11.8 Å². The number of phenolic OH excluding ortho intramolecular Hbond substituents is 1. The van der Waals surface area contributed by atoms with Gasteiger partial charge in [0, 0.05) is 18.5 Å². The first-order valence-corrected chi connectivity index (χ1v) is 16.0. The Morgan fingerprint density at radius 3 is 2.09 bits per heavy atom. The lowest BCUT2D eigenvalue weighted by molar-refractivity contribution is -0.143. The number of hydrogen-bond donors (Lipinski definition) is 3. The summed E-state index contributed by atoms with van der Waals surface area (Å²) in [6.45, 7) is 17.5. The molecule has 3 N–H and O–H groups in total. The lowest BCUT2D eigenvalue weighted by Gasteiger charge is -2.37. The van der Waals surface area contributed by atoms with Gasteiger partial charge in [-0.3, -0.25) is 9.59 Å². The molecule has 0 bridgehead atoms. The molecule has 8 heteroatoms. The van der Waals surface area contributed by atoms with Crippen LogP contribution in [0.4, 0.5) is 4.79 Å². The lowest BCUT2D eigenvalue weighted by Crippen LogP contribution is -2.55. The highest BCUT2D eigenvalue weighted by molar-refractivity contribution is 5.92. The molecule has 44 heavy (non-hydrogen) atoms. The van der Waals surface area contributed by atoms with Gasteiger partial charge in [0.15, 0.2) is 0 Å². The highest BCUT2D eigenvalue weighted by Gasteiger charge is 2.38. The molecular formula is C36H55N3O5. The Hall–Kier alpha value is -3.55. The van der Waals surface area contributed by atoms with Gasteiger partial charge in [0.05, 0.1) is 0 Å². The summed E-state index contributed by atoms with van der Waals surface area (Å²) in [6.07, 6.45) is 5.56. The van der Waals surface area contributed by atoms with Crippen molar-refractivity contribution in [3.8, 4) is 5.75 Å². The zero-order valence-electron chi connectivity index (χ0n) is 28.4. The van der Waals surface area contributed by atoms with Gasteiger partial charge in [0.1, 0.15) is 23.4 Å². The summed E-state index contributed by atoms with van der Waals surface area (Å²) in [5, 5.41) is 15.7. The van der Waals surface area contributed by atoms with E-state index in [0.717, 1.165) is 60.8 Å². The fraction of sp³-hybridized carbons (Fsp3) is 0.583. The van der Waals surface area contributed by atoms with Crippen molar-refractivity contribution in [2.45, 2.75) is 130 Å². The van der Waals surface area contributed by atoms with Crippen LogP contribution in [0.1, 0.15) is 115 Å². The van der Waals surface area contributed by atoms with E-state index < -0.39 is 29.3 Å². The van der Waals surface area contributed by atoms with Crippen LogP contribution in [0.2, 0.25) is 0 Å². The molecule has 0 saturated carbocycles. The summed E-state index contributed by atoms with van der Waals surface area (Å²) in [5.41, 5.74) is 2.11. The first-order valence-electron chi connectivity index (χ1n) is 16.0. The van der Waals surface area contributed by atoms with Crippen LogP contribution in [0.5, 0.6) is 5.75 Å². The van der Waals surface area contributed by atoms with Crippen molar-refractivity contribution in [2.75, 3.05) is 6.54 Å². The highest BCUT2D eigenvalue weighted by atomic mass is 16.6. The van der Waals surface area contributed by atoms with Crippen molar-refractivity contribution in [3.63, 3.8) is 0 Å². The van der Waals surface area contributed by atoms with E-state index in [0.29, 0.717) is 6.54 Å². The summed E-state index contributed by atoms with van der Waals surface area (Å²) in [7, 11) is 0. The molecule has 0 fully saturated rings. The Bertz CT molecular complexity index is 1230. The van der Waals surface area contributed by atoms with Crippen LogP contribution in [0.25, 0.3) is 0 Å². The number of benzene rings is 2. The number of alkyl carbamates (subject to hydrolysis) is 1. The van der Waals surface area contributed by atoms with Crippen molar-refractivity contribution < 1.29 is 24.2 Å². The average molecular weight is 610 g/mol. The monoisotopic (exact) mass is 609 g/mol. The van der Waals surface area contributed by atoms with Gasteiger partial charge in [-0.05, 0) is 90.6 Å². The van der Waals surface area contributed by atoms with Gasteiger partial charge in [-0.2, -0.15) is 0 Å². The zero-order chi connectivity index (χ0) is 33.1. The molecule has 0 radical (unpaired) electrons. The van der Waals surface area contributed by atoms with Crippen molar-refractivity contribution in [1.82, 2.24) is 15.5 Å². The predicted octanol–water partition coefficient (Wildman–Crippen LogP) is 7.29. The fourth-order valence-electron chi connectivity index (χ4n) is 5.09. The Kier molecular flexibility index (Phi) is 13.7. The molecule has 0 saturated heterocycles. The normalized spacial score (nSPS) is 13.1. The number of ether oxygens (including phenoxy) is 1. The van der Waals surface area contributed by atoms with Crippen LogP contribution in [-0.4, -0.2) is 51.6 Å². The number of hydrogen-bond acceptors (Lipinski definition) is 5. The molecule has 0 heterocycles. The lowest BCUT2D eigenvalue weighted by atomic mass is 9.94. The van der Waals surface area contributed by atoms with E-state index in [-0.39, 0.29) is 24.0 Å². The Morgan fingerprint density at radius 1 is 0.886 bits per heavy atom. The van der Waals surface area contributed by atoms with Crippen molar-refractivity contribution >= 4 is 17.9 Å². The molecular weight excluding hydrogens is 554 g/mol. The topological polar surface area (TPSA) is 108 Å². The SMILES string of the molecule is CCCCCCCCN(C(=O)C(Cc1ccc(O)cc1)NC(=O)OC(C)(C)C)C(C(=O)NC(C)(C)C)c1cc(C)ccc1C. The Labute approximate surface area is 264 Å². The van der Waals surface area contributed by atoms with Crippen LogP contribution < -0.4 is 10.6 Å². The molecule has 2 aromatic rings. The molecule has 0 aliphatic carbocycles. The molecule has 2 aromatic carbocycles. The molecule has 8 nitrogen and oxygen atoms in total. The first-order chi connectivity index (χ1) is 20.5. The number of unbranched alkanes of at least 4 members (excludes halogenated alkanes) is 5. The van der Waals surface area contributed by atoms with E-state index in [9.17, 15) is 19.5 Å². The van der Waals surface area contributed by atoms with Crippen molar-refractivity contribution in [2.24, 2.45) is 0 Å². The average Bonchev–Trinajstić information content (AvgIpc) is 2.90. The van der Waals surface area contributed by atoms with Gasteiger partial charge in [0.25, 0.3) is 0 Å². The zero-order valence-corrected chi connectivity index (χ0v) is 28.4. The van der Waals surface area contributed by atoms with Crippen LogP contribution in [0.3, 0.4) is 0 Å². The van der Waals surface area contributed by atoms with E-state index in [2.05, 4.69) is 17.6 Å². The predicted molar refractivity (Wildman–Crippen MR) is 177 cm³/mol. The van der Waals surface area contributed by atoms with Gasteiger partial charge in [-0.15, -0.1) is 0 Å². The van der Waals surface area contributed by atoms with Gasteiger partial charge in [-0.25, -0.2) is 4.79 Å². The third kappa shape index (κ3) is 12.6. The summed E-state index contributed by atoms with van der Waals surface area (Å²) in [5.74, 6) is -0.533. The number of nitrogens with zero attached hydrogens (tertiary/aromatic N) is 1. The number of phenols is 1. The summed E-state index contributed by atoms with van der Waals surface area (Å²) >= 11 is 0. The second kappa shape index (κ2) is 16.5. The molecule has 244 valence electrons. The molecule has 0 spiro atoms. The number of nitrogens with one attached hydrogen (secondary N) is 2.